The molecular formula is C15H18BrN3. The van der Waals surface area contributed by atoms with Gasteiger partial charge in [0.1, 0.15) is 0 Å². The molecule has 2 unspecified atom stereocenters. The Bertz CT molecular complexity index is 523. The highest BCUT2D eigenvalue weighted by Crippen LogP contribution is 2.36. The second-order valence-electron chi connectivity index (χ2n) is 5.17. The maximum absolute atomic E-state index is 4.27. The molecule has 0 spiro atoms. The summed E-state index contributed by atoms with van der Waals surface area (Å²) in [6, 6.07) is 10.3. The summed E-state index contributed by atoms with van der Waals surface area (Å²) in [4.78, 5) is 0.538. The van der Waals surface area contributed by atoms with Crippen LogP contribution in [0, 0.1) is 0 Å². The molecule has 0 bridgehead atoms. The third kappa shape index (κ3) is 2.73. The molecule has 4 heteroatoms. The highest BCUT2D eigenvalue weighted by atomic mass is 79.9. The van der Waals surface area contributed by atoms with E-state index < -0.39 is 0 Å². The zero-order chi connectivity index (χ0) is 13.1. The van der Waals surface area contributed by atoms with Crippen LogP contribution >= 0.6 is 15.9 Å². The van der Waals surface area contributed by atoms with Crippen LogP contribution in [0.3, 0.4) is 0 Å². The zero-order valence-corrected chi connectivity index (χ0v) is 12.5. The largest absolute Gasteiger partial charge is 0.217 e. The Balaban J connectivity index is 1.95. The van der Waals surface area contributed by atoms with Gasteiger partial charge in [0, 0.05) is 10.7 Å². The van der Waals surface area contributed by atoms with Gasteiger partial charge >= 0.3 is 0 Å². The molecule has 1 aromatic heterocycles. The lowest BCUT2D eigenvalue weighted by molar-refractivity contribution is 0.574. The van der Waals surface area contributed by atoms with Crippen molar-refractivity contribution in [3.63, 3.8) is 0 Å². The van der Waals surface area contributed by atoms with Crippen molar-refractivity contribution >= 4 is 15.9 Å². The summed E-state index contributed by atoms with van der Waals surface area (Å²) in [5.74, 6) is 0.512. The van der Waals surface area contributed by atoms with E-state index >= 15 is 0 Å². The van der Waals surface area contributed by atoms with Gasteiger partial charge in [0.05, 0.1) is 17.6 Å². The Hall–Kier alpha value is -1.16. The lowest BCUT2D eigenvalue weighted by Gasteiger charge is -2.20. The summed E-state index contributed by atoms with van der Waals surface area (Å²) in [6.07, 6.45) is 8.34. The van der Waals surface area contributed by atoms with E-state index in [2.05, 4.69) is 38.4 Å². The smallest absolute Gasteiger partial charge is 0.0733 e. The van der Waals surface area contributed by atoms with Crippen molar-refractivity contribution in [3.05, 3.63) is 42.2 Å². The molecule has 0 N–H and O–H groups in total. The van der Waals surface area contributed by atoms with E-state index in [-0.39, 0.29) is 0 Å². The second-order valence-corrected chi connectivity index (χ2v) is 6.34. The van der Waals surface area contributed by atoms with Gasteiger partial charge in [-0.15, -0.1) is 5.10 Å². The molecule has 3 nitrogen and oxygen atoms in total. The Morgan fingerprint density at radius 1 is 1.05 bits per heavy atom. The lowest BCUT2D eigenvalue weighted by atomic mass is 9.96. The Morgan fingerprint density at radius 3 is 2.68 bits per heavy atom. The Morgan fingerprint density at radius 2 is 1.84 bits per heavy atom. The van der Waals surface area contributed by atoms with Crippen LogP contribution in [0.2, 0.25) is 0 Å². The molecule has 1 fully saturated rings. The first-order valence-electron chi connectivity index (χ1n) is 6.96. The molecule has 1 heterocycles. The fraction of sp³-hybridized carbons (Fsp3) is 0.467. The molecule has 1 aliphatic rings. The van der Waals surface area contributed by atoms with Gasteiger partial charge in [0.2, 0.25) is 0 Å². The van der Waals surface area contributed by atoms with Crippen molar-refractivity contribution < 1.29 is 0 Å². The number of hydrogen-bond donors (Lipinski definition) is 0. The number of para-hydroxylation sites is 1. The first-order chi connectivity index (χ1) is 9.36. The van der Waals surface area contributed by atoms with Gasteiger partial charge in [0.25, 0.3) is 0 Å². The summed E-state index contributed by atoms with van der Waals surface area (Å²) in [5.41, 5.74) is 2.33. The van der Waals surface area contributed by atoms with Crippen LogP contribution in [0.25, 0.3) is 5.69 Å². The molecule has 19 heavy (non-hydrogen) atoms. The molecule has 100 valence electrons. The first kappa shape index (κ1) is 12.9. The zero-order valence-electron chi connectivity index (χ0n) is 10.9. The van der Waals surface area contributed by atoms with Crippen molar-refractivity contribution in [2.24, 2.45) is 0 Å². The highest BCUT2D eigenvalue weighted by molar-refractivity contribution is 9.09. The standard InChI is InChI=1S/C15H18BrN3/c16-14-10-6-2-5-9-13(14)15-11-17-18-19(15)12-7-3-1-4-8-12/h1,3-4,7-8,11,13-14H,2,5-6,9-10H2. The van der Waals surface area contributed by atoms with E-state index in [1.165, 1.54) is 37.8 Å². The molecule has 0 radical (unpaired) electrons. The monoisotopic (exact) mass is 319 g/mol. The minimum Gasteiger partial charge on any atom is -0.217 e. The molecule has 1 aliphatic carbocycles. The molecule has 1 aromatic carbocycles. The third-order valence-electron chi connectivity index (χ3n) is 3.89. The summed E-state index contributed by atoms with van der Waals surface area (Å²) in [5, 5.41) is 8.40. The van der Waals surface area contributed by atoms with E-state index in [4.69, 9.17) is 0 Å². The average Bonchev–Trinajstić information content (AvgIpc) is 2.83. The topological polar surface area (TPSA) is 30.7 Å². The van der Waals surface area contributed by atoms with E-state index in [0.29, 0.717) is 10.7 Å². The molecule has 0 saturated heterocycles. The fourth-order valence-electron chi connectivity index (χ4n) is 2.86. The molecule has 0 aliphatic heterocycles. The van der Waals surface area contributed by atoms with Crippen molar-refractivity contribution in [1.29, 1.82) is 0 Å². The third-order valence-corrected chi connectivity index (χ3v) is 4.98. The van der Waals surface area contributed by atoms with Gasteiger partial charge in [-0.3, -0.25) is 0 Å². The van der Waals surface area contributed by atoms with Crippen LogP contribution in [-0.2, 0) is 0 Å². The van der Waals surface area contributed by atoms with Gasteiger partial charge in [-0.2, -0.15) is 0 Å². The summed E-state index contributed by atoms with van der Waals surface area (Å²) in [6.45, 7) is 0. The van der Waals surface area contributed by atoms with Gasteiger partial charge < -0.3 is 0 Å². The molecule has 3 rings (SSSR count). The Labute approximate surface area is 122 Å². The summed E-state index contributed by atoms with van der Waals surface area (Å²) >= 11 is 3.86. The number of nitrogens with zero attached hydrogens (tertiary/aromatic N) is 3. The maximum atomic E-state index is 4.27. The van der Waals surface area contributed by atoms with E-state index in [1.807, 2.05) is 29.1 Å². The number of alkyl halides is 1. The van der Waals surface area contributed by atoms with Crippen molar-refractivity contribution in [2.75, 3.05) is 0 Å². The number of benzene rings is 1. The number of hydrogen-bond acceptors (Lipinski definition) is 2. The van der Waals surface area contributed by atoms with E-state index in [1.54, 1.807) is 0 Å². The molecule has 2 atom stereocenters. The van der Waals surface area contributed by atoms with Crippen LogP contribution in [0.5, 0.6) is 0 Å². The van der Waals surface area contributed by atoms with Crippen molar-refractivity contribution in [3.8, 4) is 5.69 Å². The van der Waals surface area contributed by atoms with Gasteiger partial charge in [-0.05, 0) is 25.0 Å². The Kier molecular flexibility index (Phi) is 3.97. The van der Waals surface area contributed by atoms with Gasteiger partial charge in [-0.1, -0.05) is 58.6 Å². The second kappa shape index (κ2) is 5.87. The van der Waals surface area contributed by atoms with Crippen LogP contribution in [0.15, 0.2) is 36.5 Å². The van der Waals surface area contributed by atoms with Crippen LogP contribution in [-0.4, -0.2) is 19.8 Å². The first-order valence-corrected chi connectivity index (χ1v) is 7.88. The average molecular weight is 320 g/mol. The van der Waals surface area contributed by atoms with E-state index in [0.717, 1.165) is 5.69 Å². The summed E-state index contributed by atoms with van der Waals surface area (Å²) in [7, 11) is 0. The minimum absolute atomic E-state index is 0.512. The van der Waals surface area contributed by atoms with Crippen molar-refractivity contribution in [1.82, 2.24) is 15.0 Å². The SMILES string of the molecule is BrC1CCCCCC1c1cnnn1-c1ccccc1. The number of aromatic nitrogens is 3. The normalized spacial score (nSPS) is 24.1. The fourth-order valence-corrected chi connectivity index (χ4v) is 3.72. The van der Waals surface area contributed by atoms with Gasteiger partial charge in [-0.25, -0.2) is 4.68 Å². The highest BCUT2D eigenvalue weighted by Gasteiger charge is 2.26. The number of rotatable bonds is 2. The minimum atomic E-state index is 0.512. The predicted octanol–water partition coefficient (Wildman–Crippen LogP) is 4.08. The molecule has 2 aromatic rings. The van der Waals surface area contributed by atoms with Gasteiger partial charge in [0.15, 0.2) is 0 Å². The quantitative estimate of drug-likeness (QED) is 0.617. The molecule has 1 saturated carbocycles. The van der Waals surface area contributed by atoms with Crippen LogP contribution in [0.1, 0.15) is 43.7 Å². The lowest BCUT2D eigenvalue weighted by Crippen LogP contribution is -2.15. The van der Waals surface area contributed by atoms with Crippen LogP contribution < -0.4 is 0 Å². The van der Waals surface area contributed by atoms with Crippen molar-refractivity contribution in [2.45, 2.75) is 42.8 Å². The molecule has 0 amide bonds. The predicted molar refractivity (Wildman–Crippen MR) is 79.9 cm³/mol. The van der Waals surface area contributed by atoms with E-state index in [9.17, 15) is 0 Å². The molecular weight excluding hydrogens is 302 g/mol. The summed E-state index contributed by atoms with van der Waals surface area (Å²) < 4.78 is 1.99. The van der Waals surface area contributed by atoms with Crippen LogP contribution in [0.4, 0.5) is 0 Å². The maximum Gasteiger partial charge on any atom is 0.0733 e. The number of halogens is 1.